The highest BCUT2D eigenvalue weighted by atomic mass is 35.5. The Morgan fingerprint density at radius 2 is 1.89 bits per heavy atom. The van der Waals surface area contributed by atoms with Gasteiger partial charge in [-0.2, -0.15) is 0 Å². The van der Waals surface area contributed by atoms with Crippen LogP contribution in [0.1, 0.15) is 32.8 Å². The quantitative estimate of drug-likeness (QED) is 0.906. The zero-order valence-electron chi connectivity index (χ0n) is 11.8. The van der Waals surface area contributed by atoms with Gasteiger partial charge in [0.1, 0.15) is 5.54 Å². The fraction of sp³-hybridized carbons (Fsp3) is 0.533. The second-order valence-corrected chi connectivity index (χ2v) is 5.57. The van der Waals surface area contributed by atoms with Gasteiger partial charge in [-0.05, 0) is 31.7 Å². The van der Waals surface area contributed by atoms with E-state index in [1.807, 2.05) is 35.2 Å². The third kappa shape index (κ3) is 2.93. The zero-order valence-corrected chi connectivity index (χ0v) is 12.6. The Morgan fingerprint density at radius 3 is 2.37 bits per heavy atom. The molecule has 3 atom stereocenters. The van der Waals surface area contributed by atoms with Crippen molar-refractivity contribution in [2.45, 2.75) is 38.8 Å². The van der Waals surface area contributed by atoms with Crippen LogP contribution in [0, 0.1) is 5.92 Å². The normalized spacial score (nSPS) is 25.6. The minimum atomic E-state index is -0.931. The first-order valence-corrected chi connectivity index (χ1v) is 6.60. The molecule has 1 aromatic rings. The summed E-state index contributed by atoms with van der Waals surface area (Å²) in [7, 11) is 0. The first-order chi connectivity index (χ1) is 8.44. The lowest BCUT2D eigenvalue weighted by Crippen LogP contribution is -2.52. The number of hydrogen-bond donors (Lipinski definition) is 1. The van der Waals surface area contributed by atoms with Crippen LogP contribution < -0.4 is 5.73 Å². The average molecular weight is 283 g/mol. The highest BCUT2D eigenvalue weighted by molar-refractivity contribution is 5.87. The minimum Gasteiger partial charge on any atom is -0.338 e. The molecule has 3 unspecified atom stereocenters. The van der Waals surface area contributed by atoms with Crippen LogP contribution >= 0.6 is 12.4 Å². The van der Waals surface area contributed by atoms with E-state index in [9.17, 15) is 4.79 Å². The van der Waals surface area contributed by atoms with Gasteiger partial charge in [-0.15, -0.1) is 12.4 Å². The van der Waals surface area contributed by atoms with Gasteiger partial charge in [0.05, 0.1) is 0 Å². The molecule has 1 aromatic carbocycles. The Labute approximate surface area is 121 Å². The minimum absolute atomic E-state index is 0. The predicted molar refractivity (Wildman–Crippen MR) is 80.2 cm³/mol. The molecule has 1 amide bonds. The summed E-state index contributed by atoms with van der Waals surface area (Å²) >= 11 is 0. The number of benzene rings is 1. The topological polar surface area (TPSA) is 46.3 Å². The van der Waals surface area contributed by atoms with Crippen molar-refractivity contribution in [3.05, 3.63) is 35.9 Å². The van der Waals surface area contributed by atoms with Crippen LogP contribution in [0.5, 0.6) is 0 Å². The molecule has 0 saturated carbocycles. The van der Waals surface area contributed by atoms with Crippen LogP contribution in [0.3, 0.4) is 0 Å². The van der Waals surface area contributed by atoms with Gasteiger partial charge < -0.3 is 10.6 Å². The van der Waals surface area contributed by atoms with Gasteiger partial charge in [-0.1, -0.05) is 37.3 Å². The zero-order chi connectivity index (χ0) is 13.3. The summed E-state index contributed by atoms with van der Waals surface area (Å²) < 4.78 is 0. The molecule has 1 fully saturated rings. The van der Waals surface area contributed by atoms with Crippen molar-refractivity contribution in [3.8, 4) is 0 Å². The molecule has 1 aliphatic heterocycles. The van der Waals surface area contributed by atoms with Gasteiger partial charge in [-0.25, -0.2) is 0 Å². The van der Waals surface area contributed by atoms with E-state index < -0.39 is 5.54 Å². The van der Waals surface area contributed by atoms with Crippen LogP contribution in [0.15, 0.2) is 30.3 Å². The molecule has 19 heavy (non-hydrogen) atoms. The Balaban J connectivity index is 0.00000180. The van der Waals surface area contributed by atoms with Gasteiger partial charge in [0.2, 0.25) is 5.91 Å². The van der Waals surface area contributed by atoms with Crippen LogP contribution in [0.25, 0.3) is 0 Å². The Morgan fingerprint density at radius 1 is 1.32 bits per heavy atom. The van der Waals surface area contributed by atoms with Crippen molar-refractivity contribution in [1.29, 1.82) is 0 Å². The Bertz CT molecular complexity index is 433. The van der Waals surface area contributed by atoms with Crippen molar-refractivity contribution in [3.63, 3.8) is 0 Å². The fourth-order valence-electron chi connectivity index (χ4n) is 2.59. The summed E-state index contributed by atoms with van der Waals surface area (Å²) in [6.07, 6.45) is 1.07. The predicted octanol–water partition coefficient (Wildman–Crippen LogP) is 2.54. The lowest BCUT2D eigenvalue weighted by atomic mass is 9.91. The number of nitrogens with zero attached hydrogens (tertiary/aromatic N) is 1. The summed E-state index contributed by atoms with van der Waals surface area (Å²) in [6.45, 7) is 6.92. The summed E-state index contributed by atoms with van der Waals surface area (Å²) in [5.41, 5.74) is 6.22. The number of rotatable bonds is 2. The van der Waals surface area contributed by atoms with Crippen LogP contribution in [0.2, 0.25) is 0 Å². The summed E-state index contributed by atoms with van der Waals surface area (Å²) in [4.78, 5) is 14.6. The summed E-state index contributed by atoms with van der Waals surface area (Å²) in [5.74, 6) is 0.589. The van der Waals surface area contributed by atoms with E-state index in [0.717, 1.165) is 18.5 Å². The first kappa shape index (κ1) is 16.0. The molecule has 0 aliphatic carbocycles. The van der Waals surface area contributed by atoms with Crippen LogP contribution in [-0.2, 0) is 10.3 Å². The third-order valence-corrected chi connectivity index (χ3v) is 4.22. The average Bonchev–Trinajstić information content (AvgIpc) is 2.70. The number of hydrogen-bond acceptors (Lipinski definition) is 2. The second-order valence-electron chi connectivity index (χ2n) is 5.57. The SMILES string of the molecule is CC1CCN(C(=O)C(C)(N)c2ccccc2)C1C.Cl. The van der Waals surface area contributed by atoms with Gasteiger partial charge in [0, 0.05) is 12.6 Å². The maximum Gasteiger partial charge on any atom is 0.247 e. The van der Waals surface area contributed by atoms with Crippen LogP contribution in [0.4, 0.5) is 0 Å². The van der Waals surface area contributed by atoms with Crippen LogP contribution in [-0.4, -0.2) is 23.4 Å². The van der Waals surface area contributed by atoms with Crippen molar-refractivity contribution in [2.24, 2.45) is 11.7 Å². The molecule has 1 saturated heterocycles. The van der Waals surface area contributed by atoms with Crippen molar-refractivity contribution in [2.75, 3.05) is 6.54 Å². The fourth-order valence-corrected chi connectivity index (χ4v) is 2.59. The maximum atomic E-state index is 12.6. The van der Waals surface area contributed by atoms with E-state index in [0.29, 0.717) is 5.92 Å². The molecule has 2 rings (SSSR count). The van der Waals surface area contributed by atoms with Gasteiger partial charge in [0.15, 0.2) is 0 Å². The number of halogens is 1. The van der Waals surface area contributed by atoms with E-state index in [2.05, 4.69) is 13.8 Å². The molecule has 0 radical (unpaired) electrons. The van der Waals surface area contributed by atoms with E-state index in [4.69, 9.17) is 5.73 Å². The molecular formula is C15H23ClN2O. The lowest BCUT2D eigenvalue weighted by molar-refractivity contribution is -0.137. The van der Waals surface area contributed by atoms with E-state index >= 15 is 0 Å². The Hall–Kier alpha value is -1.06. The molecule has 1 heterocycles. The summed E-state index contributed by atoms with van der Waals surface area (Å²) in [6, 6.07) is 9.89. The van der Waals surface area contributed by atoms with Gasteiger partial charge in [-0.3, -0.25) is 4.79 Å². The second kappa shape index (κ2) is 5.93. The molecule has 0 spiro atoms. The molecule has 0 aromatic heterocycles. The number of amides is 1. The van der Waals surface area contributed by atoms with Crippen molar-refractivity contribution in [1.82, 2.24) is 4.90 Å². The molecule has 3 nitrogen and oxygen atoms in total. The Kier molecular flexibility index (Phi) is 4.99. The molecular weight excluding hydrogens is 260 g/mol. The molecule has 0 bridgehead atoms. The molecule has 106 valence electrons. The smallest absolute Gasteiger partial charge is 0.247 e. The third-order valence-electron chi connectivity index (χ3n) is 4.22. The molecule has 1 aliphatic rings. The number of carbonyl (C=O) groups excluding carboxylic acids is 1. The first-order valence-electron chi connectivity index (χ1n) is 6.60. The van der Waals surface area contributed by atoms with Crippen molar-refractivity contribution < 1.29 is 4.79 Å². The standard InChI is InChI=1S/C15H22N2O.ClH/c1-11-9-10-17(12(11)2)14(18)15(3,16)13-7-5-4-6-8-13;/h4-8,11-12H,9-10,16H2,1-3H3;1H. The molecule has 4 heteroatoms. The largest absolute Gasteiger partial charge is 0.338 e. The highest BCUT2D eigenvalue weighted by Crippen LogP contribution is 2.28. The monoisotopic (exact) mass is 282 g/mol. The van der Waals surface area contributed by atoms with E-state index in [1.165, 1.54) is 0 Å². The maximum absolute atomic E-state index is 12.6. The summed E-state index contributed by atoms with van der Waals surface area (Å²) in [5, 5.41) is 0. The van der Waals surface area contributed by atoms with Crippen molar-refractivity contribution >= 4 is 18.3 Å². The van der Waals surface area contributed by atoms with E-state index in [-0.39, 0.29) is 24.4 Å². The lowest BCUT2D eigenvalue weighted by Gasteiger charge is -2.32. The van der Waals surface area contributed by atoms with Gasteiger partial charge in [0.25, 0.3) is 0 Å². The number of likely N-dealkylation sites (tertiary alicyclic amines) is 1. The molecule has 2 N–H and O–H groups in total. The van der Waals surface area contributed by atoms with Gasteiger partial charge >= 0.3 is 0 Å². The number of carbonyl (C=O) groups is 1. The highest BCUT2D eigenvalue weighted by Gasteiger charge is 2.40. The van der Waals surface area contributed by atoms with E-state index in [1.54, 1.807) is 6.92 Å². The number of nitrogens with two attached hydrogens (primary N) is 1.